The Morgan fingerprint density at radius 3 is 2.46 bits per heavy atom. The molecule has 9 nitrogen and oxygen atoms in total. The van der Waals surface area contributed by atoms with Gasteiger partial charge in [-0.15, -0.1) is 0 Å². The van der Waals surface area contributed by atoms with Crippen LogP contribution in [0.1, 0.15) is 24.0 Å². The van der Waals surface area contributed by atoms with Gasteiger partial charge in [-0.05, 0) is 35.4 Å². The number of rotatable bonds is 10. The Labute approximate surface area is 203 Å². The van der Waals surface area contributed by atoms with Crippen molar-refractivity contribution in [1.82, 2.24) is 15.2 Å². The molecule has 1 aliphatic rings. The summed E-state index contributed by atoms with van der Waals surface area (Å²) in [7, 11) is 0. The maximum atomic E-state index is 13.0. The van der Waals surface area contributed by atoms with Crippen LogP contribution < -0.4 is 20.1 Å². The summed E-state index contributed by atoms with van der Waals surface area (Å²) in [5, 5.41) is 5.51. The monoisotopic (exact) mass is 474 g/mol. The van der Waals surface area contributed by atoms with Crippen LogP contribution >= 0.6 is 0 Å². The molecule has 3 amide bonds. The number of carbonyl (C=O) groups excluding carboxylic acids is 3. The van der Waals surface area contributed by atoms with Crippen molar-refractivity contribution in [3.63, 3.8) is 0 Å². The van der Waals surface area contributed by atoms with Gasteiger partial charge < -0.3 is 25.0 Å². The van der Waals surface area contributed by atoms with Crippen LogP contribution in [0.5, 0.6) is 11.5 Å². The van der Waals surface area contributed by atoms with Crippen LogP contribution in [0.25, 0.3) is 0 Å². The molecule has 1 aromatic heterocycles. The maximum Gasteiger partial charge on any atom is 0.239 e. The van der Waals surface area contributed by atoms with Gasteiger partial charge in [0, 0.05) is 32.1 Å². The zero-order valence-electron chi connectivity index (χ0n) is 19.1. The Balaban J connectivity index is 1.33. The smallest absolute Gasteiger partial charge is 0.239 e. The van der Waals surface area contributed by atoms with E-state index in [1.807, 2.05) is 42.5 Å². The number of nitrogens with zero attached hydrogens (tertiary/aromatic N) is 2. The van der Waals surface area contributed by atoms with E-state index in [0.29, 0.717) is 17.3 Å². The van der Waals surface area contributed by atoms with E-state index in [1.165, 1.54) is 4.90 Å². The van der Waals surface area contributed by atoms with Gasteiger partial charge in [-0.25, -0.2) is 4.98 Å². The van der Waals surface area contributed by atoms with Crippen molar-refractivity contribution in [3.05, 3.63) is 84.1 Å². The van der Waals surface area contributed by atoms with Crippen LogP contribution in [0, 0.1) is 0 Å². The molecule has 9 heteroatoms. The summed E-state index contributed by atoms with van der Waals surface area (Å²) in [6, 6.07) is 20.0. The molecule has 0 fully saturated rings. The average molecular weight is 475 g/mol. The van der Waals surface area contributed by atoms with Gasteiger partial charge in [-0.3, -0.25) is 14.4 Å². The summed E-state index contributed by atoms with van der Waals surface area (Å²) in [6.45, 7) is 0.607. The highest BCUT2D eigenvalue weighted by atomic mass is 16.7. The van der Waals surface area contributed by atoms with Gasteiger partial charge in [0.2, 0.25) is 24.5 Å². The Hall–Kier alpha value is -4.40. The highest BCUT2D eigenvalue weighted by Gasteiger charge is 2.19. The molecule has 0 aliphatic carbocycles. The van der Waals surface area contributed by atoms with E-state index < -0.39 is 0 Å². The van der Waals surface area contributed by atoms with E-state index in [2.05, 4.69) is 15.6 Å². The zero-order chi connectivity index (χ0) is 24.5. The van der Waals surface area contributed by atoms with Crippen LogP contribution in [0.2, 0.25) is 0 Å². The molecule has 4 rings (SSSR count). The largest absolute Gasteiger partial charge is 0.454 e. The molecule has 1 aliphatic heterocycles. The number of pyridine rings is 1. The number of amides is 3. The average Bonchev–Trinajstić information content (AvgIpc) is 3.35. The Morgan fingerprint density at radius 1 is 0.857 bits per heavy atom. The molecule has 0 saturated carbocycles. The lowest BCUT2D eigenvalue weighted by atomic mass is 10.2. The molecule has 35 heavy (non-hydrogen) atoms. The third kappa shape index (κ3) is 7.04. The van der Waals surface area contributed by atoms with Gasteiger partial charge in [0.1, 0.15) is 5.82 Å². The van der Waals surface area contributed by atoms with Crippen molar-refractivity contribution in [3.8, 4) is 11.5 Å². The normalized spacial score (nSPS) is 11.5. The topological polar surface area (TPSA) is 110 Å². The molecule has 0 radical (unpaired) electrons. The van der Waals surface area contributed by atoms with Gasteiger partial charge in [0.05, 0.1) is 6.54 Å². The molecule has 2 heterocycles. The first-order valence-corrected chi connectivity index (χ1v) is 11.2. The first-order valence-electron chi connectivity index (χ1n) is 11.2. The fraction of sp³-hybridized carbons (Fsp3) is 0.231. The van der Waals surface area contributed by atoms with Gasteiger partial charge >= 0.3 is 0 Å². The van der Waals surface area contributed by atoms with Crippen LogP contribution in [-0.2, 0) is 27.5 Å². The van der Waals surface area contributed by atoms with Gasteiger partial charge in [-0.2, -0.15) is 0 Å². The lowest BCUT2D eigenvalue weighted by Crippen LogP contribution is -2.40. The maximum absolute atomic E-state index is 13.0. The van der Waals surface area contributed by atoms with Crippen LogP contribution in [0.4, 0.5) is 5.82 Å². The van der Waals surface area contributed by atoms with Crippen molar-refractivity contribution in [2.24, 2.45) is 0 Å². The number of hydrogen-bond donors (Lipinski definition) is 2. The fourth-order valence-electron chi connectivity index (χ4n) is 3.54. The number of fused-ring (bicyclic) bond motifs is 1. The SMILES string of the molecule is O=C(CN(Cc1ccccc1)C(=O)CCC(=O)Nc1ccccn1)NCc1ccc2c(c1)OCO2. The second-order valence-corrected chi connectivity index (χ2v) is 7.96. The second kappa shape index (κ2) is 11.6. The number of anilines is 1. The third-order valence-corrected chi connectivity index (χ3v) is 5.33. The van der Waals surface area contributed by atoms with Crippen molar-refractivity contribution in [2.45, 2.75) is 25.9 Å². The lowest BCUT2D eigenvalue weighted by Gasteiger charge is -2.22. The summed E-state index contributed by atoms with van der Waals surface area (Å²) in [4.78, 5) is 43.4. The Morgan fingerprint density at radius 2 is 1.66 bits per heavy atom. The summed E-state index contributed by atoms with van der Waals surface area (Å²) < 4.78 is 10.7. The molecule has 2 N–H and O–H groups in total. The quantitative estimate of drug-likeness (QED) is 0.468. The Bertz CT molecular complexity index is 1170. The third-order valence-electron chi connectivity index (χ3n) is 5.33. The van der Waals surface area contributed by atoms with Crippen LogP contribution in [-0.4, -0.2) is 40.9 Å². The lowest BCUT2D eigenvalue weighted by molar-refractivity contribution is -0.137. The van der Waals surface area contributed by atoms with E-state index in [4.69, 9.17) is 9.47 Å². The molecule has 180 valence electrons. The van der Waals surface area contributed by atoms with Crippen molar-refractivity contribution in [2.75, 3.05) is 18.7 Å². The fourth-order valence-corrected chi connectivity index (χ4v) is 3.54. The summed E-state index contributed by atoms with van der Waals surface area (Å²) in [6.07, 6.45) is 1.53. The summed E-state index contributed by atoms with van der Waals surface area (Å²) >= 11 is 0. The van der Waals surface area contributed by atoms with Crippen molar-refractivity contribution in [1.29, 1.82) is 0 Å². The minimum absolute atomic E-state index is 0.0144. The number of carbonyl (C=O) groups is 3. The molecule has 0 atom stereocenters. The molecule has 0 saturated heterocycles. The van der Waals surface area contributed by atoms with Crippen molar-refractivity contribution < 1.29 is 23.9 Å². The number of ether oxygens (including phenoxy) is 2. The number of hydrogen-bond acceptors (Lipinski definition) is 6. The highest BCUT2D eigenvalue weighted by Crippen LogP contribution is 2.32. The molecule has 0 unspecified atom stereocenters. The minimum Gasteiger partial charge on any atom is -0.454 e. The van der Waals surface area contributed by atoms with Gasteiger partial charge in [0.25, 0.3) is 0 Å². The van der Waals surface area contributed by atoms with E-state index in [9.17, 15) is 14.4 Å². The minimum atomic E-state index is -0.316. The molecule has 0 bridgehead atoms. The predicted octanol–water partition coefficient (Wildman–Crippen LogP) is 2.87. The predicted molar refractivity (Wildman–Crippen MR) is 128 cm³/mol. The van der Waals surface area contributed by atoms with Crippen LogP contribution in [0.3, 0.4) is 0 Å². The van der Waals surface area contributed by atoms with E-state index >= 15 is 0 Å². The molecular formula is C26H26N4O5. The number of benzene rings is 2. The Kier molecular flexibility index (Phi) is 7.90. The molecule has 0 spiro atoms. The highest BCUT2D eigenvalue weighted by molar-refractivity contribution is 5.93. The molecule has 3 aromatic rings. The summed E-state index contributed by atoms with van der Waals surface area (Å²) in [5.41, 5.74) is 1.75. The van der Waals surface area contributed by atoms with Gasteiger partial charge in [0.15, 0.2) is 11.5 Å². The van der Waals surface area contributed by atoms with E-state index in [0.717, 1.165) is 11.1 Å². The first kappa shape index (κ1) is 23.7. The molecule has 2 aromatic carbocycles. The van der Waals surface area contributed by atoms with Crippen molar-refractivity contribution >= 4 is 23.5 Å². The van der Waals surface area contributed by atoms with E-state index in [-0.39, 0.29) is 57.0 Å². The molecular weight excluding hydrogens is 448 g/mol. The first-order chi connectivity index (χ1) is 17.1. The number of aromatic nitrogens is 1. The van der Waals surface area contributed by atoms with Gasteiger partial charge in [-0.1, -0.05) is 42.5 Å². The summed E-state index contributed by atoms with van der Waals surface area (Å²) in [5.74, 6) is 0.833. The van der Waals surface area contributed by atoms with Crippen LogP contribution in [0.15, 0.2) is 72.9 Å². The standard InChI is InChI=1S/C26H26N4O5/c31-24(29-23-8-4-5-13-27-23)11-12-26(33)30(16-19-6-2-1-3-7-19)17-25(32)28-15-20-9-10-21-22(14-20)35-18-34-21/h1-10,13-14H,11-12,15-18H2,(H,28,32)(H,27,29,31). The van der Waals surface area contributed by atoms with E-state index in [1.54, 1.807) is 30.5 Å². The second-order valence-electron chi connectivity index (χ2n) is 7.96. The zero-order valence-corrected chi connectivity index (χ0v) is 19.1. The number of nitrogens with one attached hydrogen (secondary N) is 2.